The number of carbonyl (C=O) groups excluding carboxylic acids is 2. The third-order valence-corrected chi connectivity index (χ3v) is 2.91. The van der Waals surface area contributed by atoms with Gasteiger partial charge in [0, 0.05) is 11.6 Å². The van der Waals surface area contributed by atoms with Crippen molar-refractivity contribution < 1.29 is 19.4 Å². The van der Waals surface area contributed by atoms with E-state index in [1.54, 1.807) is 13.0 Å². The van der Waals surface area contributed by atoms with E-state index < -0.39 is 24.5 Å². The molecule has 6 nitrogen and oxygen atoms in total. The summed E-state index contributed by atoms with van der Waals surface area (Å²) in [5.41, 5.74) is 1.09. The molecular weight excluding hydrogens is 272 g/mol. The molecule has 2 rings (SSSR count). The van der Waals surface area contributed by atoms with E-state index in [1.807, 2.05) is 24.3 Å². The zero-order valence-corrected chi connectivity index (χ0v) is 11.6. The van der Waals surface area contributed by atoms with Crippen molar-refractivity contribution >= 4 is 22.8 Å². The minimum Gasteiger partial charge on any atom is -0.464 e. The molecule has 0 spiro atoms. The average molecular weight is 288 g/mol. The van der Waals surface area contributed by atoms with Crippen LogP contribution in [0.25, 0.3) is 10.9 Å². The van der Waals surface area contributed by atoms with Gasteiger partial charge in [0.15, 0.2) is 6.04 Å². The molecule has 1 heterocycles. The highest BCUT2D eigenvalue weighted by Crippen LogP contribution is 2.12. The van der Waals surface area contributed by atoms with Crippen molar-refractivity contribution in [2.75, 3.05) is 13.2 Å². The molecule has 1 amide bonds. The van der Waals surface area contributed by atoms with Crippen molar-refractivity contribution in [1.82, 2.24) is 10.3 Å². The first-order chi connectivity index (χ1) is 10.2. The summed E-state index contributed by atoms with van der Waals surface area (Å²) in [7, 11) is 0. The van der Waals surface area contributed by atoms with Gasteiger partial charge >= 0.3 is 5.97 Å². The van der Waals surface area contributed by atoms with E-state index in [-0.39, 0.29) is 6.61 Å². The van der Waals surface area contributed by atoms with Gasteiger partial charge in [-0.05, 0) is 19.1 Å². The number of pyridine rings is 1. The lowest BCUT2D eigenvalue weighted by Crippen LogP contribution is -2.44. The van der Waals surface area contributed by atoms with E-state index in [0.717, 1.165) is 10.9 Å². The molecule has 0 saturated carbocycles. The van der Waals surface area contributed by atoms with Crippen LogP contribution in [0.1, 0.15) is 17.3 Å². The van der Waals surface area contributed by atoms with Crippen LogP contribution in [-0.2, 0) is 9.53 Å². The van der Waals surface area contributed by atoms with E-state index in [1.165, 1.54) is 6.20 Å². The number of rotatable bonds is 5. The third kappa shape index (κ3) is 3.55. The molecule has 0 aliphatic heterocycles. The maximum Gasteiger partial charge on any atom is 0.331 e. The quantitative estimate of drug-likeness (QED) is 0.798. The number of nitrogens with one attached hydrogen (secondary N) is 1. The predicted octanol–water partition coefficient (Wildman–Crippen LogP) is 0.889. The van der Waals surface area contributed by atoms with E-state index in [2.05, 4.69) is 10.3 Å². The van der Waals surface area contributed by atoms with Crippen molar-refractivity contribution in [3.05, 3.63) is 42.1 Å². The zero-order valence-electron chi connectivity index (χ0n) is 11.6. The summed E-state index contributed by atoms with van der Waals surface area (Å²) in [5.74, 6) is -1.15. The van der Waals surface area contributed by atoms with E-state index in [9.17, 15) is 9.59 Å². The van der Waals surface area contributed by atoms with Gasteiger partial charge in [-0.2, -0.15) is 0 Å². The monoisotopic (exact) mass is 288 g/mol. The Balaban J connectivity index is 2.15. The number of aliphatic hydroxyl groups is 1. The van der Waals surface area contributed by atoms with E-state index in [4.69, 9.17) is 9.84 Å². The van der Waals surface area contributed by atoms with Gasteiger partial charge in [-0.25, -0.2) is 4.79 Å². The molecule has 1 aromatic carbocycles. The molecule has 0 aliphatic rings. The normalized spacial score (nSPS) is 11.9. The Kier molecular flexibility index (Phi) is 4.84. The number of fused-ring (bicyclic) bond motifs is 1. The van der Waals surface area contributed by atoms with Crippen molar-refractivity contribution in [3.63, 3.8) is 0 Å². The number of ether oxygens (including phenoxy) is 1. The van der Waals surface area contributed by atoms with Crippen LogP contribution in [0.4, 0.5) is 0 Å². The maximum atomic E-state index is 12.1. The number of aromatic nitrogens is 1. The fraction of sp³-hybridized carbons (Fsp3) is 0.267. The van der Waals surface area contributed by atoms with Crippen LogP contribution in [0.3, 0.4) is 0 Å². The smallest absolute Gasteiger partial charge is 0.331 e. The number of hydrogen-bond donors (Lipinski definition) is 2. The van der Waals surface area contributed by atoms with Gasteiger partial charge in [-0.3, -0.25) is 9.78 Å². The number of aliphatic hydroxyl groups excluding tert-OH is 1. The highest BCUT2D eigenvalue weighted by molar-refractivity contribution is 5.99. The van der Waals surface area contributed by atoms with Crippen molar-refractivity contribution in [2.24, 2.45) is 0 Å². The number of amides is 1. The first kappa shape index (κ1) is 14.9. The summed E-state index contributed by atoms with van der Waals surface area (Å²) in [5, 5.41) is 12.4. The molecule has 0 aliphatic carbocycles. The van der Waals surface area contributed by atoms with Crippen LogP contribution >= 0.6 is 0 Å². The molecular formula is C15H16N2O4. The topological polar surface area (TPSA) is 88.5 Å². The summed E-state index contributed by atoms with van der Waals surface area (Å²) in [6.45, 7) is 1.32. The van der Waals surface area contributed by atoms with Gasteiger partial charge in [-0.1, -0.05) is 18.2 Å². The Bertz CT molecular complexity index is 657. The average Bonchev–Trinajstić information content (AvgIpc) is 2.52. The SMILES string of the molecule is CCOC(=O)[C@H](CO)NC(=O)c1cnc2ccccc2c1. The van der Waals surface area contributed by atoms with Gasteiger partial charge in [-0.15, -0.1) is 0 Å². The molecule has 110 valence electrons. The second-order valence-corrected chi connectivity index (χ2v) is 4.38. The molecule has 1 aromatic heterocycles. The first-order valence-electron chi connectivity index (χ1n) is 6.59. The predicted molar refractivity (Wildman–Crippen MR) is 76.7 cm³/mol. The number of benzene rings is 1. The Labute approximate surface area is 121 Å². The van der Waals surface area contributed by atoms with Crippen LogP contribution in [0, 0.1) is 0 Å². The van der Waals surface area contributed by atoms with Crippen LogP contribution in [0.5, 0.6) is 0 Å². The van der Waals surface area contributed by atoms with Crippen LogP contribution < -0.4 is 5.32 Å². The van der Waals surface area contributed by atoms with Crippen molar-refractivity contribution in [2.45, 2.75) is 13.0 Å². The van der Waals surface area contributed by atoms with Crippen molar-refractivity contribution in [3.8, 4) is 0 Å². The zero-order chi connectivity index (χ0) is 15.2. The van der Waals surface area contributed by atoms with Gasteiger partial charge in [0.05, 0.1) is 24.3 Å². The fourth-order valence-corrected chi connectivity index (χ4v) is 1.86. The van der Waals surface area contributed by atoms with Gasteiger partial charge < -0.3 is 15.2 Å². The van der Waals surface area contributed by atoms with E-state index >= 15 is 0 Å². The highest BCUT2D eigenvalue weighted by Gasteiger charge is 2.21. The van der Waals surface area contributed by atoms with Crippen LogP contribution in [0.2, 0.25) is 0 Å². The Morgan fingerprint density at radius 2 is 2.14 bits per heavy atom. The maximum absolute atomic E-state index is 12.1. The number of esters is 1. The van der Waals surface area contributed by atoms with Crippen LogP contribution in [0.15, 0.2) is 36.5 Å². The summed E-state index contributed by atoms with van der Waals surface area (Å²) in [6, 6.07) is 7.99. The molecule has 0 unspecified atom stereocenters. The Morgan fingerprint density at radius 1 is 1.38 bits per heavy atom. The molecule has 21 heavy (non-hydrogen) atoms. The van der Waals surface area contributed by atoms with E-state index in [0.29, 0.717) is 5.56 Å². The molecule has 6 heteroatoms. The number of carbonyl (C=O) groups is 2. The summed E-state index contributed by atoms with van der Waals surface area (Å²) < 4.78 is 4.77. The Hall–Kier alpha value is -2.47. The minimum atomic E-state index is -1.08. The number of para-hydroxylation sites is 1. The lowest BCUT2D eigenvalue weighted by molar-refractivity contribution is -0.146. The standard InChI is InChI=1S/C15H16N2O4/c1-2-21-15(20)13(9-18)17-14(19)11-7-10-5-3-4-6-12(10)16-8-11/h3-8,13,18H,2,9H2,1H3,(H,17,19)/t13-/m0/s1. The first-order valence-corrected chi connectivity index (χ1v) is 6.59. The van der Waals surface area contributed by atoms with Crippen LogP contribution in [-0.4, -0.2) is 41.2 Å². The molecule has 2 aromatic rings. The summed E-state index contributed by atoms with van der Waals surface area (Å²) in [6.07, 6.45) is 1.43. The molecule has 0 fully saturated rings. The lowest BCUT2D eigenvalue weighted by atomic mass is 10.1. The summed E-state index contributed by atoms with van der Waals surface area (Å²) >= 11 is 0. The minimum absolute atomic E-state index is 0.183. The third-order valence-electron chi connectivity index (χ3n) is 2.91. The van der Waals surface area contributed by atoms with Crippen molar-refractivity contribution in [1.29, 1.82) is 0 Å². The Morgan fingerprint density at radius 3 is 2.86 bits per heavy atom. The molecule has 0 bridgehead atoms. The second kappa shape index (κ2) is 6.81. The van der Waals surface area contributed by atoms with Gasteiger partial charge in [0.1, 0.15) is 0 Å². The molecule has 2 N–H and O–H groups in total. The number of nitrogens with zero attached hydrogens (tertiary/aromatic N) is 1. The highest BCUT2D eigenvalue weighted by atomic mass is 16.5. The molecule has 1 atom stereocenters. The lowest BCUT2D eigenvalue weighted by Gasteiger charge is -2.14. The molecule has 0 saturated heterocycles. The number of hydrogen-bond acceptors (Lipinski definition) is 5. The summed E-state index contributed by atoms with van der Waals surface area (Å²) in [4.78, 5) is 27.8. The largest absolute Gasteiger partial charge is 0.464 e. The van der Waals surface area contributed by atoms with Gasteiger partial charge in [0.25, 0.3) is 5.91 Å². The van der Waals surface area contributed by atoms with Gasteiger partial charge in [0.2, 0.25) is 0 Å². The molecule has 0 radical (unpaired) electrons. The second-order valence-electron chi connectivity index (χ2n) is 4.38. The fourth-order valence-electron chi connectivity index (χ4n) is 1.86.